The van der Waals surface area contributed by atoms with E-state index >= 15 is 0 Å². The SMILES string of the molecule is Cc1noc(C)c1CN=C(N)C1CC1. The summed E-state index contributed by atoms with van der Waals surface area (Å²) in [5.74, 6) is 2.16. The van der Waals surface area contributed by atoms with Crippen LogP contribution in [0.4, 0.5) is 0 Å². The molecule has 1 fully saturated rings. The molecule has 76 valence electrons. The van der Waals surface area contributed by atoms with Gasteiger partial charge in [0, 0.05) is 11.5 Å². The quantitative estimate of drug-likeness (QED) is 0.585. The first-order valence-electron chi connectivity index (χ1n) is 4.90. The second-order valence-electron chi connectivity index (χ2n) is 3.82. The Kier molecular flexibility index (Phi) is 2.27. The van der Waals surface area contributed by atoms with Crippen molar-refractivity contribution < 1.29 is 4.52 Å². The van der Waals surface area contributed by atoms with Gasteiger partial charge in [-0.25, -0.2) is 0 Å². The zero-order valence-electron chi connectivity index (χ0n) is 8.58. The monoisotopic (exact) mass is 193 g/mol. The summed E-state index contributed by atoms with van der Waals surface area (Å²) in [5, 5.41) is 3.87. The van der Waals surface area contributed by atoms with Crippen LogP contribution in [0.25, 0.3) is 0 Å². The predicted molar refractivity (Wildman–Crippen MR) is 54.0 cm³/mol. The lowest BCUT2D eigenvalue weighted by Gasteiger charge is -1.97. The van der Waals surface area contributed by atoms with E-state index in [9.17, 15) is 0 Å². The van der Waals surface area contributed by atoms with Crippen molar-refractivity contribution >= 4 is 5.84 Å². The van der Waals surface area contributed by atoms with Gasteiger partial charge in [-0.05, 0) is 26.7 Å². The molecule has 0 bridgehead atoms. The fraction of sp³-hybridized carbons (Fsp3) is 0.600. The lowest BCUT2D eigenvalue weighted by atomic mass is 10.2. The minimum Gasteiger partial charge on any atom is -0.387 e. The number of nitrogens with zero attached hydrogens (tertiary/aromatic N) is 2. The van der Waals surface area contributed by atoms with E-state index in [4.69, 9.17) is 10.3 Å². The molecule has 4 heteroatoms. The maximum Gasteiger partial charge on any atom is 0.138 e. The number of aryl methyl sites for hydroxylation is 2. The molecule has 0 radical (unpaired) electrons. The van der Waals surface area contributed by atoms with E-state index in [0.717, 1.165) is 22.9 Å². The molecular weight excluding hydrogens is 178 g/mol. The van der Waals surface area contributed by atoms with Crippen LogP contribution >= 0.6 is 0 Å². The van der Waals surface area contributed by atoms with Gasteiger partial charge in [-0.15, -0.1) is 0 Å². The number of rotatable bonds is 3. The van der Waals surface area contributed by atoms with Crippen molar-refractivity contribution in [2.24, 2.45) is 16.6 Å². The second kappa shape index (κ2) is 3.44. The van der Waals surface area contributed by atoms with Gasteiger partial charge in [-0.1, -0.05) is 5.16 Å². The molecule has 1 heterocycles. The van der Waals surface area contributed by atoms with Crippen LogP contribution in [-0.2, 0) is 6.54 Å². The van der Waals surface area contributed by atoms with Crippen molar-refractivity contribution in [2.45, 2.75) is 33.2 Å². The van der Waals surface area contributed by atoms with Crippen molar-refractivity contribution in [3.63, 3.8) is 0 Å². The van der Waals surface area contributed by atoms with Crippen molar-refractivity contribution in [2.75, 3.05) is 0 Å². The van der Waals surface area contributed by atoms with Crippen molar-refractivity contribution in [1.82, 2.24) is 5.16 Å². The average molecular weight is 193 g/mol. The Hall–Kier alpha value is -1.32. The van der Waals surface area contributed by atoms with Crippen LogP contribution in [0.3, 0.4) is 0 Å². The van der Waals surface area contributed by atoms with E-state index in [1.165, 1.54) is 12.8 Å². The van der Waals surface area contributed by atoms with E-state index in [-0.39, 0.29) is 0 Å². The highest BCUT2D eigenvalue weighted by molar-refractivity contribution is 5.84. The fourth-order valence-corrected chi connectivity index (χ4v) is 1.41. The third kappa shape index (κ3) is 1.78. The third-order valence-corrected chi connectivity index (χ3v) is 2.60. The molecule has 2 N–H and O–H groups in total. The topological polar surface area (TPSA) is 64.4 Å². The van der Waals surface area contributed by atoms with Gasteiger partial charge in [-0.3, -0.25) is 4.99 Å². The van der Waals surface area contributed by atoms with E-state index < -0.39 is 0 Å². The first kappa shape index (κ1) is 9.24. The number of aliphatic imine (C=N–C) groups is 1. The number of hydrogen-bond donors (Lipinski definition) is 1. The van der Waals surface area contributed by atoms with Gasteiger partial charge in [0.1, 0.15) is 5.76 Å². The molecule has 0 saturated heterocycles. The summed E-state index contributed by atoms with van der Waals surface area (Å²) >= 11 is 0. The van der Waals surface area contributed by atoms with E-state index in [2.05, 4.69) is 10.1 Å². The van der Waals surface area contributed by atoms with Crippen LogP contribution in [0.1, 0.15) is 29.9 Å². The Labute approximate surface area is 83.2 Å². The van der Waals surface area contributed by atoms with Crippen LogP contribution in [0, 0.1) is 19.8 Å². The lowest BCUT2D eigenvalue weighted by molar-refractivity contribution is 0.392. The minimum absolute atomic E-state index is 0.537. The van der Waals surface area contributed by atoms with Crippen LogP contribution in [-0.4, -0.2) is 11.0 Å². The largest absolute Gasteiger partial charge is 0.387 e. The molecule has 0 unspecified atom stereocenters. The fourth-order valence-electron chi connectivity index (χ4n) is 1.41. The Morgan fingerprint density at radius 1 is 1.57 bits per heavy atom. The average Bonchev–Trinajstić information content (AvgIpc) is 2.93. The summed E-state index contributed by atoms with van der Waals surface area (Å²) < 4.78 is 5.04. The molecule has 1 aromatic heterocycles. The number of aromatic nitrogens is 1. The van der Waals surface area contributed by atoms with Gasteiger partial charge in [0.25, 0.3) is 0 Å². The molecule has 0 aromatic carbocycles. The number of nitrogens with two attached hydrogens (primary N) is 1. The predicted octanol–water partition coefficient (Wildman–Crippen LogP) is 1.56. The summed E-state index contributed by atoms with van der Waals surface area (Å²) in [5.41, 5.74) is 7.77. The van der Waals surface area contributed by atoms with E-state index in [1.54, 1.807) is 0 Å². The maximum absolute atomic E-state index is 5.79. The Balaban J connectivity index is 2.06. The molecule has 1 aliphatic carbocycles. The van der Waals surface area contributed by atoms with Crippen LogP contribution in [0.5, 0.6) is 0 Å². The molecule has 2 rings (SSSR count). The van der Waals surface area contributed by atoms with Gasteiger partial charge in [0.05, 0.1) is 18.1 Å². The van der Waals surface area contributed by atoms with Crippen molar-refractivity contribution in [3.8, 4) is 0 Å². The number of amidine groups is 1. The molecule has 0 aliphatic heterocycles. The number of hydrogen-bond acceptors (Lipinski definition) is 3. The highest BCUT2D eigenvalue weighted by atomic mass is 16.5. The molecule has 1 saturated carbocycles. The Morgan fingerprint density at radius 2 is 2.29 bits per heavy atom. The second-order valence-corrected chi connectivity index (χ2v) is 3.82. The van der Waals surface area contributed by atoms with Gasteiger partial charge >= 0.3 is 0 Å². The zero-order valence-corrected chi connectivity index (χ0v) is 8.58. The standard InChI is InChI=1S/C10H15N3O/c1-6-9(7(2)14-13-6)5-12-10(11)8-3-4-8/h8H,3-5H2,1-2H3,(H2,11,12). The first-order valence-corrected chi connectivity index (χ1v) is 4.90. The molecule has 0 spiro atoms. The molecule has 1 aromatic rings. The van der Waals surface area contributed by atoms with Gasteiger partial charge in [0.15, 0.2) is 0 Å². The van der Waals surface area contributed by atoms with Crippen LogP contribution in [0.2, 0.25) is 0 Å². The van der Waals surface area contributed by atoms with Gasteiger partial charge in [-0.2, -0.15) is 0 Å². The molecule has 14 heavy (non-hydrogen) atoms. The third-order valence-electron chi connectivity index (χ3n) is 2.60. The molecule has 1 aliphatic rings. The smallest absolute Gasteiger partial charge is 0.138 e. The highest BCUT2D eigenvalue weighted by Crippen LogP contribution is 2.29. The Morgan fingerprint density at radius 3 is 2.79 bits per heavy atom. The lowest BCUT2D eigenvalue weighted by Crippen LogP contribution is -2.14. The normalized spacial score (nSPS) is 17.4. The maximum atomic E-state index is 5.79. The molecular formula is C10H15N3O. The first-order chi connectivity index (χ1) is 6.68. The summed E-state index contributed by atoms with van der Waals surface area (Å²) in [4.78, 5) is 4.34. The summed E-state index contributed by atoms with van der Waals surface area (Å²) in [7, 11) is 0. The molecule has 0 atom stereocenters. The van der Waals surface area contributed by atoms with Crippen molar-refractivity contribution in [1.29, 1.82) is 0 Å². The van der Waals surface area contributed by atoms with Crippen LogP contribution in [0.15, 0.2) is 9.52 Å². The summed E-state index contributed by atoms with van der Waals surface area (Å²) in [6.07, 6.45) is 2.38. The van der Waals surface area contributed by atoms with E-state index in [1.807, 2.05) is 13.8 Å². The highest BCUT2D eigenvalue weighted by Gasteiger charge is 2.25. The van der Waals surface area contributed by atoms with Gasteiger partial charge in [0.2, 0.25) is 0 Å². The minimum atomic E-state index is 0.537. The molecule has 4 nitrogen and oxygen atoms in total. The van der Waals surface area contributed by atoms with Crippen molar-refractivity contribution in [3.05, 3.63) is 17.0 Å². The summed E-state index contributed by atoms with van der Waals surface area (Å²) in [6, 6.07) is 0. The van der Waals surface area contributed by atoms with Crippen LogP contribution < -0.4 is 5.73 Å². The Bertz CT molecular complexity index is 344. The molecule has 0 amide bonds. The zero-order chi connectivity index (χ0) is 10.1. The summed E-state index contributed by atoms with van der Waals surface area (Å²) in [6.45, 7) is 4.43. The van der Waals surface area contributed by atoms with E-state index in [0.29, 0.717) is 12.5 Å². The van der Waals surface area contributed by atoms with Gasteiger partial charge < -0.3 is 10.3 Å².